The zero-order valence-electron chi connectivity index (χ0n) is 8.35. The Balaban J connectivity index is 2.56. The standard InChI is InChI=1S/C9H15N3O2/c1-3-11(8-10-2)9(13)12-4-6-14-7-5-12/h3,8H,1,4-7H2,2H3. The highest BCUT2D eigenvalue weighted by Crippen LogP contribution is 2.02. The van der Waals surface area contributed by atoms with Gasteiger partial charge in [-0.2, -0.15) is 0 Å². The first kappa shape index (κ1) is 10.7. The van der Waals surface area contributed by atoms with Crippen LogP contribution < -0.4 is 0 Å². The smallest absolute Gasteiger partial charge is 0.329 e. The highest BCUT2D eigenvalue weighted by molar-refractivity contribution is 5.87. The summed E-state index contributed by atoms with van der Waals surface area (Å²) in [5.74, 6) is 0. The topological polar surface area (TPSA) is 45.1 Å². The molecule has 0 aliphatic carbocycles. The van der Waals surface area contributed by atoms with Crippen LogP contribution in [-0.2, 0) is 4.74 Å². The molecule has 0 unspecified atom stereocenters. The van der Waals surface area contributed by atoms with Gasteiger partial charge in [0.25, 0.3) is 0 Å². The number of urea groups is 1. The molecule has 1 aliphatic rings. The monoisotopic (exact) mass is 197 g/mol. The fourth-order valence-electron chi connectivity index (χ4n) is 1.22. The molecule has 0 aromatic carbocycles. The summed E-state index contributed by atoms with van der Waals surface area (Å²) in [5.41, 5.74) is 0. The Bertz CT molecular complexity index is 234. The zero-order valence-corrected chi connectivity index (χ0v) is 8.35. The molecule has 0 radical (unpaired) electrons. The summed E-state index contributed by atoms with van der Waals surface area (Å²) >= 11 is 0. The SMILES string of the molecule is C=CN(C=NC)C(=O)N1CCOCC1. The number of hydrogen-bond acceptors (Lipinski definition) is 3. The molecule has 5 heteroatoms. The van der Waals surface area contributed by atoms with E-state index in [4.69, 9.17) is 4.74 Å². The van der Waals surface area contributed by atoms with Crippen LogP contribution in [0.15, 0.2) is 17.8 Å². The van der Waals surface area contributed by atoms with Crippen LogP contribution in [0.1, 0.15) is 0 Å². The lowest BCUT2D eigenvalue weighted by molar-refractivity contribution is 0.0502. The lowest BCUT2D eigenvalue weighted by atomic mass is 10.4. The first-order valence-corrected chi connectivity index (χ1v) is 4.49. The second-order valence-corrected chi connectivity index (χ2v) is 2.85. The van der Waals surface area contributed by atoms with Crippen molar-refractivity contribution < 1.29 is 9.53 Å². The molecule has 0 aromatic heterocycles. The van der Waals surface area contributed by atoms with E-state index in [-0.39, 0.29) is 6.03 Å². The fraction of sp³-hybridized carbons (Fsp3) is 0.556. The molecule has 1 heterocycles. The van der Waals surface area contributed by atoms with Crippen LogP contribution >= 0.6 is 0 Å². The summed E-state index contributed by atoms with van der Waals surface area (Å²) in [5, 5.41) is 0. The van der Waals surface area contributed by atoms with Gasteiger partial charge in [0.2, 0.25) is 0 Å². The van der Waals surface area contributed by atoms with Gasteiger partial charge in [0.1, 0.15) is 0 Å². The van der Waals surface area contributed by atoms with E-state index in [0.29, 0.717) is 26.3 Å². The molecule has 2 amide bonds. The number of carbonyl (C=O) groups excluding carboxylic acids is 1. The Morgan fingerprint density at radius 3 is 2.71 bits per heavy atom. The van der Waals surface area contributed by atoms with Crippen molar-refractivity contribution in [2.75, 3.05) is 33.4 Å². The number of hydrogen-bond donors (Lipinski definition) is 0. The van der Waals surface area contributed by atoms with Crippen molar-refractivity contribution in [3.8, 4) is 0 Å². The van der Waals surface area contributed by atoms with E-state index in [1.54, 1.807) is 11.9 Å². The van der Waals surface area contributed by atoms with Crippen LogP contribution in [-0.4, -0.2) is 55.5 Å². The Morgan fingerprint density at radius 2 is 2.21 bits per heavy atom. The van der Waals surface area contributed by atoms with Gasteiger partial charge in [-0.1, -0.05) is 6.58 Å². The van der Waals surface area contributed by atoms with Gasteiger partial charge in [-0.25, -0.2) is 4.79 Å². The predicted octanol–water partition coefficient (Wildman–Crippen LogP) is 0.542. The minimum absolute atomic E-state index is 0.103. The molecule has 1 rings (SSSR count). The number of carbonyl (C=O) groups is 1. The molecular weight excluding hydrogens is 182 g/mol. The van der Waals surface area contributed by atoms with Crippen molar-refractivity contribution in [2.45, 2.75) is 0 Å². The summed E-state index contributed by atoms with van der Waals surface area (Å²) in [4.78, 5) is 18.6. The van der Waals surface area contributed by atoms with Gasteiger partial charge in [0.15, 0.2) is 0 Å². The largest absolute Gasteiger partial charge is 0.378 e. The molecule has 0 atom stereocenters. The van der Waals surface area contributed by atoms with Gasteiger partial charge in [-0.15, -0.1) is 0 Å². The molecule has 1 fully saturated rings. The average molecular weight is 197 g/mol. The van der Waals surface area contributed by atoms with E-state index in [0.717, 1.165) is 0 Å². The molecule has 5 nitrogen and oxygen atoms in total. The minimum Gasteiger partial charge on any atom is -0.378 e. The van der Waals surface area contributed by atoms with Gasteiger partial charge in [-0.3, -0.25) is 9.89 Å². The third-order valence-corrected chi connectivity index (χ3v) is 1.94. The third-order valence-electron chi connectivity index (χ3n) is 1.94. The van der Waals surface area contributed by atoms with Crippen molar-refractivity contribution in [1.29, 1.82) is 0 Å². The molecule has 0 N–H and O–H groups in total. The maximum atomic E-state index is 11.8. The van der Waals surface area contributed by atoms with E-state index in [1.165, 1.54) is 17.4 Å². The van der Waals surface area contributed by atoms with Crippen molar-refractivity contribution in [1.82, 2.24) is 9.80 Å². The normalized spacial score (nSPS) is 17.1. The second-order valence-electron chi connectivity index (χ2n) is 2.85. The Labute approximate surface area is 83.7 Å². The molecule has 78 valence electrons. The summed E-state index contributed by atoms with van der Waals surface area (Å²) in [6.45, 7) is 6.00. The predicted molar refractivity (Wildman–Crippen MR) is 54.2 cm³/mol. The Kier molecular flexibility index (Phi) is 4.12. The third kappa shape index (κ3) is 2.56. The summed E-state index contributed by atoms with van der Waals surface area (Å²) in [6.07, 6.45) is 2.90. The fourth-order valence-corrected chi connectivity index (χ4v) is 1.22. The molecule has 0 bridgehead atoms. The molecule has 14 heavy (non-hydrogen) atoms. The van der Waals surface area contributed by atoms with Crippen LogP contribution in [0.4, 0.5) is 4.79 Å². The average Bonchev–Trinajstić information content (AvgIpc) is 2.26. The lowest BCUT2D eigenvalue weighted by Gasteiger charge is -2.29. The molecule has 1 aliphatic heterocycles. The first-order chi connectivity index (χ1) is 6.79. The highest BCUT2D eigenvalue weighted by Gasteiger charge is 2.19. The Hall–Kier alpha value is -1.36. The molecule has 0 saturated carbocycles. The van der Waals surface area contributed by atoms with Crippen LogP contribution in [0.25, 0.3) is 0 Å². The van der Waals surface area contributed by atoms with Gasteiger partial charge in [0.05, 0.1) is 19.6 Å². The number of aliphatic imine (C=N–C) groups is 1. The summed E-state index contributed by atoms with van der Waals surface area (Å²) in [6, 6.07) is -0.103. The van der Waals surface area contributed by atoms with Gasteiger partial charge in [-0.05, 0) is 0 Å². The van der Waals surface area contributed by atoms with Gasteiger partial charge >= 0.3 is 6.03 Å². The summed E-state index contributed by atoms with van der Waals surface area (Å²) in [7, 11) is 1.61. The lowest BCUT2D eigenvalue weighted by Crippen LogP contribution is -2.46. The molecular formula is C9H15N3O2. The van der Waals surface area contributed by atoms with E-state index in [2.05, 4.69) is 11.6 Å². The van der Waals surface area contributed by atoms with E-state index in [9.17, 15) is 4.79 Å². The maximum Gasteiger partial charge on any atom is 0.329 e. The van der Waals surface area contributed by atoms with Gasteiger partial charge in [0, 0.05) is 26.3 Å². The van der Waals surface area contributed by atoms with E-state index >= 15 is 0 Å². The highest BCUT2D eigenvalue weighted by atomic mass is 16.5. The number of amides is 2. The van der Waals surface area contributed by atoms with Crippen LogP contribution in [0.3, 0.4) is 0 Å². The van der Waals surface area contributed by atoms with Crippen molar-refractivity contribution in [3.05, 3.63) is 12.8 Å². The first-order valence-electron chi connectivity index (χ1n) is 4.49. The molecule has 0 spiro atoms. The maximum absolute atomic E-state index is 11.8. The van der Waals surface area contributed by atoms with Gasteiger partial charge < -0.3 is 9.64 Å². The molecule has 0 aromatic rings. The van der Waals surface area contributed by atoms with Crippen molar-refractivity contribution in [3.63, 3.8) is 0 Å². The van der Waals surface area contributed by atoms with Crippen LogP contribution in [0, 0.1) is 0 Å². The molecule has 1 saturated heterocycles. The number of rotatable bonds is 2. The van der Waals surface area contributed by atoms with Crippen LogP contribution in [0.5, 0.6) is 0 Å². The minimum atomic E-state index is -0.103. The number of ether oxygens (including phenoxy) is 1. The Morgan fingerprint density at radius 1 is 1.57 bits per heavy atom. The second kappa shape index (κ2) is 5.39. The van der Waals surface area contributed by atoms with Crippen molar-refractivity contribution >= 4 is 12.4 Å². The van der Waals surface area contributed by atoms with E-state index < -0.39 is 0 Å². The zero-order chi connectivity index (χ0) is 10.4. The van der Waals surface area contributed by atoms with Crippen LogP contribution in [0.2, 0.25) is 0 Å². The quantitative estimate of drug-likeness (QED) is 0.479. The van der Waals surface area contributed by atoms with E-state index in [1.807, 2.05) is 0 Å². The summed E-state index contributed by atoms with van der Waals surface area (Å²) < 4.78 is 5.15. The number of nitrogens with zero attached hydrogens (tertiary/aromatic N) is 3. The van der Waals surface area contributed by atoms with Crippen molar-refractivity contribution in [2.24, 2.45) is 4.99 Å². The number of morpholine rings is 1.